The minimum Gasteiger partial charge on any atom is -0.481 e. The quantitative estimate of drug-likeness (QED) is 0.166. The summed E-state index contributed by atoms with van der Waals surface area (Å²) in [5.41, 5.74) is 0. The van der Waals surface area contributed by atoms with E-state index in [2.05, 4.69) is 0 Å². The van der Waals surface area contributed by atoms with Gasteiger partial charge in [-0.3, -0.25) is 24.0 Å². The van der Waals surface area contributed by atoms with Gasteiger partial charge in [0.05, 0.1) is 0 Å². The van der Waals surface area contributed by atoms with Crippen molar-refractivity contribution in [2.24, 2.45) is 0 Å². The van der Waals surface area contributed by atoms with Crippen LogP contribution in [0.4, 0.5) is 0 Å². The Hall–Kier alpha value is -2.73. The van der Waals surface area contributed by atoms with Crippen molar-refractivity contribution >= 4 is 29.8 Å². The number of carboxylic acids is 1. The number of hydrogen-bond donors (Lipinski definition) is 1. The molecule has 37 heavy (non-hydrogen) atoms. The number of carbonyl (C=O) groups excluding carboxylic acids is 4. The summed E-state index contributed by atoms with van der Waals surface area (Å²) in [6.07, 6.45) is 1.52. The second-order valence-corrected chi connectivity index (χ2v) is 8.91. The molecule has 212 valence electrons. The number of rotatable bonds is 17. The molecule has 0 bridgehead atoms. The first-order valence-electron chi connectivity index (χ1n) is 12.6. The normalized spacial score (nSPS) is 23.1. The predicted octanol–water partition coefficient (Wildman–Crippen LogP) is 2.68. The molecule has 0 radical (unpaired) electrons. The summed E-state index contributed by atoms with van der Waals surface area (Å²) < 4.78 is 32.8. The monoisotopic (exact) mass is 532 g/mol. The number of ether oxygens (including phenoxy) is 6. The van der Waals surface area contributed by atoms with Gasteiger partial charge in [0.1, 0.15) is 12.7 Å². The van der Waals surface area contributed by atoms with Gasteiger partial charge in [0.15, 0.2) is 24.6 Å². The summed E-state index contributed by atoms with van der Waals surface area (Å²) >= 11 is 0. The van der Waals surface area contributed by atoms with Gasteiger partial charge in [0.2, 0.25) is 0 Å². The maximum atomic E-state index is 11.8. The molecule has 0 aromatic carbocycles. The van der Waals surface area contributed by atoms with E-state index in [0.717, 1.165) is 52.4 Å². The maximum Gasteiger partial charge on any atom is 0.303 e. The van der Waals surface area contributed by atoms with E-state index < -0.39 is 60.6 Å². The molecule has 0 aromatic heterocycles. The van der Waals surface area contributed by atoms with E-state index in [1.807, 2.05) is 0 Å². The summed E-state index contributed by atoms with van der Waals surface area (Å²) in [7, 11) is 0. The first-order valence-corrected chi connectivity index (χ1v) is 12.6. The Morgan fingerprint density at radius 3 is 1.65 bits per heavy atom. The molecule has 0 amide bonds. The predicted molar refractivity (Wildman–Crippen MR) is 127 cm³/mol. The smallest absolute Gasteiger partial charge is 0.303 e. The van der Waals surface area contributed by atoms with Gasteiger partial charge in [0, 0.05) is 40.7 Å². The fourth-order valence-electron chi connectivity index (χ4n) is 3.96. The summed E-state index contributed by atoms with van der Waals surface area (Å²) in [5.74, 6) is -3.43. The van der Waals surface area contributed by atoms with Crippen molar-refractivity contribution in [3.05, 3.63) is 0 Å². The fourth-order valence-corrected chi connectivity index (χ4v) is 3.96. The second kappa shape index (κ2) is 17.7. The van der Waals surface area contributed by atoms with Crippen LogP contribution in [0, 0.1) is 0 Å². The molecule has 1 fully saturated rings. The van der Waals surface area contributed by atoms with Gasteiger partial charge in [-0.05, 0) is 12.8 Å². The van der Waals surface area contributed by atoms with Crippen molar-refractivity contribution < 1.29 is 57.5 Å². The lowest BCUT2D eigenvalue weighted by Gasteiger charge is -2.44. The molecule has 1 aliphatic heterocycles. The van der Waals surface area contributed by atoms with Crippen LogP contribution in [0.15, 0.2) is 0 Å². The molecule has 1 unspecified atom stereocenters. The lowest BCUT2D eigenvalue weighted by Crippen LogP contribution is -2.63. The van der Waals surface area contributed by atoms with Crippen molar-refractivity contribution in [3.63, 3.8) is 0 Å². The van der Waals surface area contributed by atoms with E-state index in [-0.39, 0.29) is 19.6 Å². The van der Waals surface area contributed by atoms with Gasteiger partial charge in [-0.1, -0.05) is 38.5 Å². The minimum absolute atomic E-state index is 0.205. The Bertz CT molecular complexity index is 752. The number of unbranched alkanes of at least 4 members (excludes halogenated alkanes) is 7. The Kier molecular flexibility index (Phi) is 15.4. The van der Waals surface area contributed by atoms with Gasteiger partial charge in [-0.15, -0.1) is 0 Å². The summed E-state index contributed by atoms with van der Waals surface area (Å²) in [6.45, 7) is 4.66. The highest BCUT2D eigenvalue weighted by atomic mass is 16.7. The topological polar surface area (TPSA) is 161 Å². The second-order valence-electron chi connectivity index (χ2n) is 8.91. The van der Waals surface area contributed by atoms with E-state index >= 15 is 0 Å². The summed E-state index contributed by atoms with van der Waals surface area (Å²) in [6, 6.07) is 0. The van der Waals surface area contributed by atoms with E-state index in [1.54, 1.807) is 0 Å². The van der Waals surface area contributed by atoms with Crippen LogP contribution in [0.2, 0.25) is 0 Å². The van der Waals surface area contributed by atoms with Crippen LogP contribution >= 0.6 is 0 Å². The highest BCUT2D eigenvalue weighted by molar-refractivity contribution is 5.68. The average molecular weight is 533 g/mol. The van der Waals surface area contributed by atoms with Crippen LogP contribution in [-0.4, -0.2) is 78.9 Å². The van der Waals surface area contributed by atoms with Gasteiger partial charge >= 0.3 is 29.8 Å². The standard InChI is InChI=1S/C25H40O12/c1-16(26)33-15-20-22(34-17(2)27)23(35-18(3)28)24(36-19(4)29)25(37-20)32-14-12-10-8-6-5-7-9-11-13-21(30)31/h20,22-25H,5-15H2,1-4H3,(H,30,31)/t20-,22-,23+,24-,25?/m1/s1. The van der Waals surface area contributed by atoms with E-state index in [1.165, 1.54) is 13.8 Å². The summed E-state index contributed by atoms with van der Waals surface area (Å²) in [4.78, 5) is 57.3. The zero-order valence-electron chi connectivity index (χ0n) is 22.1. The number of carbonyl (C=O) groups is 5. The highest BCUT2D eigenvalue weighted by Crippen LogP contribution is 2.30. The molecule has 5 atom stereocenters. The molecule has 12 heteroatoms. The van der Waals surface area contributed by atoms with E-state index in [0.29, 0.717) is 12.8 Å². The van der Waals surface area contributed by atoms with Crippen LogP contribution in [0.25, 0.3) is 0 Å². The molecule has 0 saturated carbocycles. The minimum atomic E-state index is -1.24. The number of carboxylic acid groups (broad SMARTS) is 1. The van der Waals surface area contributed by atoms with Crippen molar-refractivity contribution in [1.29, 1.82) is 0 Å². The zero-order chi connectivity index (χ0) is 27.8. The summed E-state index contributed by atoms with van der Waals surface area (Å²) in [5, 5.41) is 8.65. The zero-order valence-corrected chi connectivity index (χ0v) is 22.1. The third-order valence-corrected chi connectivity index (χ3v) is 5.52. The van der Waals surface area contributed by atoms with Gasteiger partial charge in [-0.25, -0.2) is 0 Å². The van der Waals surface area contributed by atoms with Crippen LogP contribution in [0.1, 0.15) is 85.5 Å². The molecule has 1 N–H and O–H groups in total. The SMILES string of the molecule is CC(=O)OC[C@H]1OC(OCCCCCCCCCCC(=O)O)[C@H](OC(C)=O)[C@@H](OC(C)=O)[C@@H]1OC(C)=O. The van der Waals surface area contributed by atoms with Crippen LogP contribution < -0.4 is 0 Å². The molecular formula is C25H40O12. The molecule has 1 saturated heterocycles. The number of aliphatic carboxylic acids is 1. The van der Waals surface area contributed by atoms with Gasteiger partial charge in [0.25, 0.3) is 0 Å². The van der Waals surface area contributed by atoms with Crippen LogP contribution in [-0.2, 0) is 52.4 Å². The van der Waals surface area contributed by atoms with Crippen molar-refractivity contribution in [1.82, 2.24) is 0 Å². The molecule has 1 aliphatic rings. The van der Waals surface area contributed by atoms with Crippen molar-refractivity contribution in [2.75, 3.05) is 13.2 Å². The highest BCUT2D eigenvalue weighted by Gasteiger charge is 2.52. The number of hydrogen-bond acceptors (Lipinski definition) is 11. The van der Waals surface area contributed by atoms with Crippen molar-refractivity contribution in [3.8, 4) is 0 Å². The van der Waals surface area contributed by atoms with Gasteiger partial charge < -0.3 is 33.5 Å². The molecule has 1 rings (SSSR count). The molecule has 1 heterocycles. The van der Waals surface area contributed by atoms with Crippen LogP contribution in [0.5, 0.6) is 0 Å². The maximum absolute atomic E-state index is 11.8. The first-order chi connectivity index (χ1) is 17.5. The number of esters is 4. The Balaban J connectivity index is 2.73. The third kappa shape index (κ3) is 14.0. The van der Waals surface area contributed by atoms with Crippen LogP contribution in [0.3, 0.4) is 0 Å². The third-order valence-electron chi connectivity index (χ3n) is 5.52. The molecule has 12 nitrogen and oxygen atoms in total. The van der Waals surface area contributed by atoms with E-state index in [9.17, 15) is 24.0 Å². The molecule has 0 aliphatic carbocycles. The fraction of sp³-hybridized carbons (Fsp3) is 0.800. The Morgan fingerprint density at radius 2 is 1.14 bits per heavy atom. The molecule has 0 spiro atoms. The largest absolute Gasteiger partial charge is 0.481 e. The van der Waals surface area contributed by atoms with E-state index in [4.69, 9.17) is 33.5 Å². The van der Waals surface area contributed by atoms with Crippen molar-refractivity contribution in [2.45, 2.75) is 116 Å². The lowest BCUT2D eigenvalue weighted by molar-refractivity contribution is -0.308. The Morgan fingerprint density at radius 1 is 0.649 bits per heavy atom. The Labute approximate surface area is 217 Å². The van der Waals surface area contributed by atoms with Gasteiger partial charge in [-0.2, -0.15) is 0 Å². The molecular weight excluding hydrogens is 492 g/mol. The lowest BCUT2D eigenvalue weighted by atomic mass is 9.98. The average Bonchev–Trinajstić information content (AvgIpc) is 2.78. The molecule has 0 aromatic rings. The first kappa shape index (κ1) is 32.3.